The molecule has 1 aliphatic heterocycles. The van der Waals surface area contributed by atoms with Crippen molar-refractivity contribution in [2.45, 2.75) is 12.5 Å². The summed E-state index contributed by atoms with van der Waals surface area (Å²) in [7, 11) is 0. The Morgan fingerprint density at radius 1 is 1.35 bits per heavy atom. The van der Waals surface area contributed by atoms with E-state index in [0.717, 1.165) is 25.2 Å². The molecule has 0 amide bonds. The minimum absolute atomic E-state index is 0.168. The summed E-state index contributed by atoms with van der Waals surface area (Å²) >= 11 is 0. The molecular weight excluding hydrogens is 261 g/mol. The number of nitrogens with zero attached hydrogens (tertiary/aromatic N) is 3. The van der Waals surface area contributed by atoms with Gasteiger partial charge in [-0.15, -0.1) is 0 Å². The third-order valence-corrected chi connectivity index (χ3v) is 3.30. The van der Waals surface area contributed by atoms with Crippen molar-refractivity contribution in [2.75, 3.05) is 23.3 Å². The lowest BCUT2D eigenvalue weighted by Crippen LogP contribution is -2.27. The molecule has 2 heterocycles. The van der Waals surface area contributed by atoms with Gasteiger partial charge < -0.3 is 10.2 Å². The minimum Gasteiger partial charge on any atom is -0.369 e. The molecule has 0 saturated carbocycles. The lowest BCUT2D eigenvalue weighted by Gasteiger charge is -2.18. The van der Waals surface area contributed by atoms with Crippen LogP contribution >= 0.6 is 0 Å². The van der Waals surface area contributed by atoms with Gasteiger partial charge in [0.15, 0.2) is 0 Å². The molecule has 0 spiro atoms. The van der Waals surface area contributed by atoms with E-state index in [9.17, 15) is 9.18 Å². The van der Waals surface area contributed by atoms with E-state index in [0.29, 0.717) is 5.95 Å². The van der Waals surface area contributed by atoms with Gasteiger partial charge >= 0.3 is 5.69 Å². The van der Waals surface area contributed by atoms with Gasteiger partial charge in [0.2, 0.25) is 5.95 Å². The summed E-state index contributed by atoms with van der Waals surface area (Å²) in [5.41, 5.74) is 0.568. The third kappa shape index (κ3) is 2.76. The molecule has 1 unspecified atom stereocenters. The van der Waals surface area contributed by atoms with E-state index >= 15 is 0 Å². The normalized spacial score (nSPS) is 18.2. The van der Waals surface area contributed by atoms with Gasteiger partial charge in [-0.25, -0.2) is 14.2 Å². The highest BCUT2D eigenvalue weighted by atomic mass is 19.1. The van der Waals surface area contributed by atoms with Gasteiger partial charge in [-0.3, -0.25) is 4.98 Å². The summed E-state index contributed by atoms with van der Waals surface area (Å²) in [5.74, 6) is 0.0965. The molecule has 0 aliphatic carbocycles. The number of aromatic nitrogens is 3. The predicted octanol–water partition coefficient (Wildman–Crippen LogP) is 0.995. The lowest BCUT2D eigenvalue weighted by molar-refractivity contribution is 0.627. The quantitative estimate of drug-likeness (QED) is 0.874. The zero-order valence-electron chi connectivity index (χ0n) is 10.7. The van der Waals surface area contributed by atoms with Crippen LogP contribution < -0.4 is 15.9 Å². The zero-order valence-corrected chi connectivity index (χ0v) is 10.7. The molecule has 2 N–H and O–H groups in total. The van der Waals surface area contributed by atoms with Gasteiger partial charge in [-0.2, -0.15) is 4.98 Å². The highest BCUT2D eigenvalue weighted by Crippen LogP contribution is 2.21. The number of anilines is 2. The summed E-state index contributed by atoms with van der Waals surface area (Å²) in [6.07, 6.45) is 2.23. The van der Waals surface area contributed by atoms with Crippen LogP contribution in [0.5, 0.6) is 0 Å². The number of benzene rings is 1. The fourth-order valence-electron chi connectivity index (χ4n) is 2.32. The number of hydrogen-bond donors (Lipinski definition) is 2. The minimum atomic E-state index is -0.420. The van der Waals surface area contributed by atoms with E-state index in [1.165, 1.54) is 18.5 Å². The van der Waals surface area contributed by atoms with Crippen molar-refractivity contribution in [1.29, 1.82) is 0 Å². The Kier molecular flexibility index (Phi) is 3.32. The molecule has 1 fully saturated rings. The van der Waals surface area contributed by atoms with Crippen molar-refractivity contribution >= 4 is 11.6 Å². The fraction of sp³-hybridized carbons (Fsp3) is 0.308. The molecule has 1 aliphatic rings. The van der Waals surface area contributed by atoms with Crippen molar-refractivity contribution in [3.63, 3.8) is 0 Å². The molecule has 0 radical (unpaired) electrons. The third-order valence-electron chi connectivity index (χ3n) is 3.30. The maximum Gasteiger partial charge on any atom is 0.349 e. The van der Waals surface area contributed by atoms with Crippen molar-refractivity contribution in [3.05, 3.63) is 46.9 Å². The molecule has 2 aromatic rings. The largest absolute Gasteiger partial charge is 0.369 e. The summed E-state index contributed by atoms with van der Waals surface area (Å²) < 4.78 is 12.9. The highest BCUT2D eigenvalue weighted by molar-refractivity contribution is 5.48. The van der Waals surface area contributed by atoms with Gasteiger partial charge in [-0.05, 0) is 30.7 Å². The molecule has 1 saturated heterocycles. The van der Waals surface area contributed by atoms with Gasteiger partial charge in [0.05, 0.1) is 0 Å². The Labute approximate surface area is 114 Å². The van der Waals surface area contributed by atoms with Crippen LogP contribution in [0.25, 0.3) is 0 Å². The van der Waals surface area contributed by atoms with Gasteiger partial charge in [0.25, 0.3) is 0 Å². The lowest BCUT2D eigenvalue weighted by atomic mass is 10.3. The van der Waals surface area contributed by atoms with Crippen LogP contribution in [0.15, 0.2) is 35.4 Å². The Bertz CT molecular complexity index is 642. The monoisotopic (exact) mass is 275 g/mol. The SMILES string of the molecule is O=c1nc(NC2CCN(c3ccc(F)cc3)C2)nc[nH]1. The Morgan fingerprint density at radius 2 is 2.15 bits per heavy atom. The molecule has 0 bridgehead atoms. The van der Waals surface area contributed by atoms with Crippen molar-refractivity contribution in [1.82, 2.24) is 15.0 Å². The maximum atomic E-state index is 12.9. The number of aromatic amines is 1. The van der Waals surface area contributed by atoms with E-state index in [2.05, 4.69) is 25.2 Å². The van der Waals surface area contributed by atoms with Crippen molar-refractivity contribution in [3.8, 4) is 0 Å². The van der Waals surface area contributed by atoms with E-state index in [4.69, 9.17) is 0 Å². The zero-order chi connectivity index (χ0) is 13.9. The molecule has 3 rings (SSSR count). The highest BCUT2D eigenvalue weighted by Gasteiger charge is 2.23. The van der Waals surface area contributed by atoms with Crippen LogP contribution in [0.2, 0.25) is 0 Å². The fourth-order valence-corrected chi connectivity index (χ4v) is 2.32. The summed E-state index contributed by atoms with van der Waals surface area (Å²) in [5, 5.41) is 3.13. The molecule has 6 nitrogen and oxygen atoms in total. The summed E-state index contributed by atoms with van der Waals surface area (Å²) in [4.78, 5) is 23.3. The summed E-state index contributed by atoms with van der Waals surface area (Å²) in [6.45, 7) is 1.63. The average molecular weight is 275 g/mol. The number of halogens is 1. The van der Waals surface area contributed by atoms with E-state index in [1.807, 2.05) is 0 Å². The molecule has 104 valence electrons. The molecule has 7 heteroatoms. The predicted molar refractivity (Wildman–Crippen MR) is 73.3 cm³/mol. The second kappa shape index (κ2) is 5.28. The Morgan fingerprint density at radius 3 is 2.90 bits per heavy atom. The first-order valence-electron chi connectivity index (χ1n) is 6.39. The van der Waals surface area contributed by atoms with E-state index in [1.54, 1.807) is 12.1 Å². The van der Waals surface area contributed by atoms with E-state index < -0.39 is 5.69 Å². The Balaban J connectivity index is 1.65. The number of rotatable bonds is 3. The Hall–Kier alpha value is -2.44. The van der Waals surface area contributed by atoms with Crippen molar-refractivity contribution in [2.24, 2.45) is 0 Å². The topological polar surface area (TPSA) is 73.9 Å². The van der Waals surface area contributed by atoms with Crippen LogP contribution in [0.4, 0.5) is 16.0 Å². The molecule has 1 aromatic carbocycles. The van der Waals surface area contributed by atoms with Crippen LogP contribution in [0, 0.1) is 5.82 Å². The second-order valence-corrected chi connectivity index (χ2v) is 4.70. The first-order chi connectivity index (χ1) is 9.70. The summed E-state index contributed by atoms with van der Waals surface area (Å²) in [6, 6.07) is 6.61. The maximum absolute atomic E-state index is 12.9. The molecule has 20 heavy (non-hydrogen) atoms. The van der Waals surface area contributed by atoms with Gasteiger partial charge in [0, 0.05) is 24.8 Å². The smallest absolute Gasteiger partial charge is 0.349 e. The first-order valence-corrected chi connectivity index (χ1v) is 6.39. The van der Waals surface area contributed by atoms with Crippen LogP contribution in [-0.4, -0.2) is 34.1 Å². The van der Waals surface area contributed by atoms with Crippen molar-refractivity contribution < 1.29 is 4.39 Å². The van der Waals surface area contributed by atoms with Gasteiger partial charge in [-0.1, -0.05) is 0 Å². The molecule has 1 atom stereocenters. The standard InChI is InChI=1S/C13H14FN5O/c14-9-1-3-11(4-2-9)19-6-5-10(7-19)17-12-15-8-16-13(20)18-12/h1-4,8,10H,5-7H2,(H2,15,16,17,18,20). The van der Waals surface area contributed by atoms with Crippen LogP contribution in [-0.2, 0) is 0 Å². The van der Waals surface area contributed by atoms with Crippen LogP contribution in [0.1, 0.15) is 6.42 Å². The molecule has 1 aromatic heterocycles. The van der Waals surface area contributed by atoms with Crippen LogP contribution in [0.3, 0.4) is 0 Å². The van der Waals surface area contributed by atoms with E-state index in [-0.39, 0.29) is 11.9 Å². The average Bonchev–Trinajstić information content (AvgIpc) is 2.88. The van der Waals surface area contributed by atoms with Gasteiger partial charge in [0.1, 0.15) is 12.1 Å². The number of nitrogens with one attached hydrogen (secondary N) is 2. The number of H-pyrrole nitrogens is 1. The molecular formula is C13H14FN5O. The number of hydrogen-bond acceptors (Lipinski definition) is 5. The first kappa shape index (κ1) is 12.6. The second-order valence-electron chi connectivity index (χ2n) is 4.70.